The van der Waals surface area contributed by atoms with E-state index < -0.39 is 5.97 Å². The quantitative estimate of drug-likeness (QED) is 0.280. The lowest BCUT2D eigenvalue weighted by atomic mass is 9.81. The van der Waals surface area contributed by atoms with Crippen molar-refractivity contribution in [2.75, 3.05) is 20.8 Å². The largest absolute Gasteiger partial charge is 0.497 e. The van der Waals surface area contributed by atoms with Crippen molar-refractivity contribution < 1.29 is 28.5 Å². The molecule has 0 fully saturated rings. The van der Waals surface area contributed by atoms with Crippen LogP contribution in [0.15, 0.2) is 72.8 Å². The van der Waals surface area contributed by atoms with Crippen LogP contribution in [0.1, 0.15) is 49.8 Å². The van der Waals surface area contributed by atoms with Gasteiger partial charge in [0.1, 0.15) is 23.9 Å². The van der Waals surface area contributed by atoms with Crippen molar-refractivity contribution in [1.82, 2.24) is 0 Å². The Morgan fingerprint density at radius 1 is 0.973 bits per heavy atom. The van der Waals surface area contributed by atoms with Gasteiger partial charge in [0.15, 0.2) is 0 Å². The third-order valence-corrected chi connectivity index (χ3v) is 6.10. The second kappa shape index (κ2) is 12.5. The predicted octanol–water partition coefficient (Wildman–Crippen LogP) is 7.14. The van der Waals surface area contributed by atoms with Gasteiger partial charge in [0, 0.05) is 18.6 Å². The number of methoxy groups -OCH3 is 2. The summed E-state index contributed by atoms with van der Waals surface area (Å²) in [6, 6.07) is 18.2. The van der Waals surface area contributed by atoms with E-state index in [0.29, 0.717) is 30.3 Å². The van der Waals surface area contributed by atoms with Crippen LogP contribution in [0.25, 0.3) is 11.1 Å². The zero-order valence-electron chi connectivity index (χ0n) is 22.1. The van der Waals surface area contributed by atoms with E-state index in [0.717, 1.165) is 22.3 Å². The number of hydrogen-bond acceptors (Lipinski definition) is 4. The SMILES string of the molecule is COCC=C[C@H](CC(=O)O)c1ccc(OCc2ccc(C(C)(C)C)c(-c3cc(OC)ccc3F)c2)cc1. The molecule has 1 N–H and O–H groups in total. The van der Waals surface area contributed by atoms with Crippen molar-refractivity contribution in [2.45, 2.75) is 45.1 Å². The molecule has 0 aliphatic carbocycles. The minimum atomic E-state index is -0.866. The summed E-state index contributed by atoms with van der Waals surface area (Å²) in [5, 5.41) is 9.27. The molecule has 0 saturated heterocycles. The molecule has 5 nitrogen and oxygen atoms in total. The number of halogens is 1. The van der Waals surface area contributed by atoms with Gasteiger partial charge in [-0.25, -0.2) is 4.39 Å². The fourth-order valence-corrected chi connectivity index (χ4v) is 4.17. The average Bonchev–Trinajstić information content (AvgIpc) is 2.86. The smallest absolute Gasteiger partial charge is 0.304 e. The van der Waals surface area contributed by atoms with Crippen molar-refractivity contribution in [2.24, 2.45) is 0 Å². The molecule has 37 heavy (non-hydrogen) atoms. The lowest BCUT2D eigenvalue weighted by molar-refractivity contribution is -0.137. The number of benzene rings is 3. The number of carboxylic acid groups (broad SMARTS) is 1. The monoisotopic (exact) mass is 506 g/mol. The highest BCUT2D eigenvalue weighted by Gasteiger charge is 2.21. The van der Waals surface area contributed by atoms with Gasteiger partial charge in [-0.05, 0) is 64.1 Å². The first-order valence-electron chi connectivity index (χ1n) is 12.2. The van der Waals surface area contributed by atoms with Crippen LogP contribution in [0, 0.1) is 5.82 Å². The molecular weight excluding hydrogens is 471 g/mol. The summed E-state index contributed by atoms with van der Waals surface area (Å²) < 4.78 is 31.3. The molecule has 0 bridgehead atoms. The highest BCUT2D eigenvalue weighted by atomic mass is 19.1. The van der Waals surface area contributed by atoms with Gasteiger partial charge in [0.25, 0.3) is 0 Å². The van der Waals surface area contributed by atoms with Crippen LogP contribution in [0.2, 0.25) is 0 Å². The third-order valence-electron chi connectivity index (χ3n) is 6.10. The van der Waals surface area contributed by atoms with Crippen LogP contribution < -0.4 is 9.47 Å². The number of rotatable bonds is 11. The molecule has 1 atom stereocenters. The normalized spacial score (nSPS) is 12.5. The predicted molar refractivity (Wildman–Crippen MR) is 144 cm³/mol. The Balaban J connectivity index is 1.83. The third kappa shape index (κ3) is 7.67. The topological polar surface area (TPSA) is 65.0 Å². The van der Waals surface area contributed by atoms with Gasteiger partial charge in [-0.2, -0.15) is 0 Å². The fourth-order valence-electron chi connectivity index (χ4n) is 4.17. The fraction of sp³-hybridized carbons (Fsp3) is 0.323. The maximum Gasteiger partial charge on any atom is 0.304 e. The molecule has 3 rings (SSSR count). The van der Waals surface area contributed by atoms with Crippen LogP contribution in [0.5, 0.6) is 11.5 Å². The molecule has 0 amide bonds. The summed E-state index contributed by atoms with van der Waals surface area (Å²) in [5.74, 6) is -0.180. The zero-order chi connectivity index (χ0) is 27.0. The molecule has 0 aliphatic rings. The first-order valence-corrected chi connectivity index (χ1v) is 12.2. The summed E-state index contributed by atoms with van der Waals surface area (Å²) in [5.41, 5.74) is 3.91. The highest BCUT2D eigenvalue weighted by Crippen LogP contribution is 2.37. The van der Waals surface area contributed by atoms with E-state index in [1.54, 1.807) is 26.4 Å². The molecule has 6 heteroatoms. The summed E-state index contributed by atoms with van der Waals surface area (Å²) in [6.45, 7) is 7.03. The van der Waals surface area contributed by atoms with Crippen molar-refractivity contribution in [3.8, 4) is 22.6 Å². The summed E-state index contributed by atoms with van der Waals surface area (Å²) in [4.78, 5) is 11.3. The van der Waals surface area contributed by atoms with Crippen LogP contribution in [-0.2, 0) is 21.6 Å². The molecule has 0 radical (unpaired) electrons. The number of ether oxygens (including phenoxy) is 3. The van der Waals surface area contributed by atoms with Gasteiger partial charge < -0.3 is 19.3 Å². The maximum absolute atomic E-state index is 14.9. The molecule has 196 valence electrons. The Morgan fingerprint density at radius 3 is 2.30 bits per heavy atom. The van der Waals surface area contributed by atoms with Gasteiger partial charge in [-0.1, -0.05) is 57.2 Å². The van der Waals surface area contributed by atoms with Crippen molar-refractivity contribution in [3.05, 3.63) is 95.3 Å². The van der Waals surface area contributed by atoms with Gasteiger partial charge in [-0.3, -0.25) is 4.79 Å². The Morgan fingerprint density at radius 2 is 1.68 bits per heavy atom. The molecular formula is C31H35FO5. The van der Waals surface area contributed by atoms with Gasteiger partial charge in [-0.15, -0.1) is 0 Å². The standard InChI is InChI=1S/C31H35FO5/c1-31(2,3)28-14-8-21(17-26(28)27-19-25(36-5)13-15-29(27)32)20-37-24-11-9-22(10-12-24)23(18-30(33)34)7-6-16-35-4/h6-15,17,19,23H,16,18,20H2,1-5H3,(H,33,34)/t23-/m1/s1. The van der Waals surface area contributed by atoms with E-state index in [1.807, 2.05) is 54.6 Å². The Kier molecular flexibility index (Phi) is 9.48. The molecule has 0 spiro atoms. The molecule has 3 aromatic carbocycles. The lowest BCUT2D eigenvalue weighted by Crippen LogP contribution is -2.13. The molecule has 0 aromatic heterocycles. The van der Waals surface area contributed by atoms with Gasteiger partial charge in [0.2, 0.25) is 0 Å². The Labute approximate surface area is 218 Å². The van der Waals surface area contributed by atoms with E-state index in [4.69, 9.17) is 14.2 Å². The molecule has 0 unspecified atom stereocenters. The number of carboxylic acids is 1. The number of hydrogen-bond donors (Lipinski definition) is 1. The first-order chi connectivity index (χ1) is 17.6. The molecule has 0 aliphatic heterocycles. The minimum absolute atomic E-state index is 0.00977. The van der Waals surface area contributed by atoms with Crippen molar-refractivity contribution in [3.63, 3.8) is 0 Å². The highest BCUT2D eigenvalue weighted by molar-refractivity contribution is 5.71. The van der Waals surface area contributed by atoms with E-state index in [-0.39, 0.29) is 23.6 Å². The van der Waals surface area contributed by atoms with Crippen LogP contribution in [0.3, 0.4) is 0 Å². The van der Waals surface area contributed by atoms with E-state index in [2.05, 4.69) is 20.8 Å². The second-order valence-electron chi connectivity index (χ2n) is 9.92. The van der Waals surface area contributed by atoms with Crippen LogP contribution in [0.4, 0.5) is 4.39 Å². The van der Waals surface area contributed by atoms with E-state index in [9.17, 15) is 14.3 Å². The van der Waals surface area contributed by atoms with Crippen molar-refractivity contribution >= 4 is 5.97 Å². The maximum atomic E-state index is 14.9. The van der Waals surface area contributed by atoms with Crippen LogP contribution in [-0.4, -0.2) is 31.9 Å². The Bertz CT molecular complexity index is 1230. The molecule has 0 saturated carbocycles. The van der Waals surface area contributed by atoms with Crippen LogP contribution >= 0.6 is 0 Å². The first kappa shape index (κ1) is 27.9. The Hall–Kier alpha value is -3.64. The summed E-state index contributed by atoms with van der Waals surface area (Å²) in [7, 11) is 3.16. The van der Waals surface area contributed by atoms with Crippen molar-refractivity contribution in [1.29, 1.82) is 0 Å². The summed E-state index contributed by atoms with van der Waals surface area (Å²) >= 11 is 0. The molecule has 0 heterocycles. The molecule has 3 aromatic rings. The second-order valence-corrected chi connectivity index (χ2v) is 9.92. The number of carbonyl (C=O) groups is 1. The number of aliphatic carboxylic acids is 1. The van der Waals surface area contributed by atoms with Gasteiger partial charge >= 0.3 is 5.97 Å². The summed E-state index contributed by atoms with van der Waals surface area (Å²) in [6.07, 6.45) is 3.66. The lowest BCUT2D eigenvalue weighted by Gasteiger charge is -2.24. The van der Waals surface area contributed by atoms with E-state index in [1.165, 1.54) is 6.07 Å². The number of allylic oxidation sites excluding steroid dienone is 1. The average molecular weight is 507 g/mol. The minimum Gasteiger partial charge on any atom is -0.497 e. The van der Waals surface area contributed by atoms with E-state index >= 15 is 0 Å². The van der Waals surface area contributed by atoms with Gasteiger partial charge in [0.05, 0.1) is 20.1 Å². The zero-order valence-corrected chi connectivity index (χ0v) is 22.1.